The van der Waals surface area contributed by atoms with E-state index in [1.54, 1.807) is 0 Å². The van der Waals surface area contributed by atoms with Crippen molar-refractivity contribution in [1.29, 1.82) is 0 Å². The molecule has 0 spiro atoms. The fourth-order valence-corrected chi connectivity index (χ4v) is 2.51. The van der Waals surface area contributed by atoms with Crippen LogP contribution in [-0.2, 0) is 0 Å². The molecule has 3 heteroatoms. The third-order valence-corrected chi connectivity index (χ3v) is 3.27. The number of likely N-dealkylation sites (tertiary alicyclic amines) is 1. The summed E-state index contributed by atoms with van der Waals surface area (Å²) < 4.78 is 26.8. The van der Waals surface area contributed by atoms with Crippen LogP contribution < -0.4 is 0 Å². The summed E-state index contributed by atoms with van der Waals surface area (Å²) in [7, 11) is 0. The highest BCUT2D eigenvalue weighted by atomic mass is 19.1. The van der Waals surface area contributed by atoms with E-state index in [0.717, 1.165) is 19.4 Å². The lowest BCUT2D eigenvalue weighted by Gasteiger charge is -2.28. The summed E-state index contributed by atoms with van der Waals surface area (Å²) in [6.07, 6.45) is 1.97. The summed E-state index contributed by atoms with van der Waals surface area (Å²) in [6, 6.07) is 4.14. The van der Waals surface area contributed by atoms with E-state index in [9.17, 15) is 8.78 Å². The second kappa shape index (κ2) is 4.50. The minimum Gasteiger partial charge on any atom is -0.294 e. The van der Waals surface area contributed by atoms with Crippen molar-refractivity contribution >= 4 is 0 Å². The summed E-state index contributed by atoms with van der Waals surface area (Å²) in [4.78, 5) is 2.23. The van der Waals surface area contributed by atoms with E-state index in [0.29, 0.717) is 11.6 Å². The number of halogens is 2. The second-order valence-corrected chi connectivity index (χ2v) is 4.66. The first-order valence-electron chi connectivity index (χ1n) is 5.80. The van der Waals surface area contributed by atoms with E-state index in [4.69, 9.17) is 0 Å². The third-order valence-electron chi connectivity index (χ3n) is 3.27. The van der Waals surface area contributed by atoms with Crippen LogP contribution in [0, 0.1) is 11.6 Å². The molecule has 1 atom stereocenters. The predicted molar refractivity (Wildman–Crippen MR) is 60.2 cm³/mol. The van der Waals surface area contributed by atoms with Gasteiger partial charge in [0.15, 0.2) is 0 Å². The average Bonchev–Trinajstić information content (AvgIpc) is 2.70. The molecule has 88 valence electrons. The smallest absolute Gasteiger partial charge is 0.128 e. The van der Waals surface area contributed by atoms with Crippen LogP contribution in [0.15, 0.2) is 18.2 Å². The molecular weight excluding hydrogens is 208 g/mol. The minimum atomic E-state index is -0.355. The second-order valence-electron chi connectivity index (χ2n) is 4.66. The molecular formula is C13H17F2N. The Bertz CT molecular complexity index is 376. The molecule has 1 aliphatic heterocycles. The van der Waals surface area contributed by atoms with Gasteiger partial charge in [-0.3, -0.25) is 4.90 Å². The Labute approximate surface area is 95.1 Å². The number of rotatable bonds is 2. The van der Waals surface area contributed by atoms with Gasteiger partial charge in [0, 0.05) is 17.6 Å². The summed E-state index contributed by atoms with van der Waals surface area (Å²) in [6.45, 7) is 5.16. The Balaban J connectivity index is 2.32. The number of nitrogens with zero attached hydrogens (tertiary/aromatic N) is 1. The molecule has 16 heavy (non-hydrogen) atoms. The predicted octanol–water partition coefficient (Wildman–Crippen LogP) is 3.51. The molecule has 0 N–H and O–H groups in total. The van der Waals surface area contributed by atoms with Gasteiger partial charge < -0.3 is 0 Å². The van der Waals surface area contributed by atoms with Gasteiger partial charge >= 0.3 is 0 Å². The molecule has 1 aliphatic rings. The fraction of sp³-hybridized carbons (Fsp3) is 0.538. The van der Waals surface area contributed by atoms with Crippen LogP contribution in [0.1, 0.15) is 38.3 Å². The van der Waals surface area contributed by atoms with E-state index in [1.807, 2.05) is 0 Å². The molecule has 1 heterocycles. The Morgan fingerprint density at radius 2 is 2.06 bits per heavy atom. The Morgan fingerprint density at radius 3 is 2.75 bits per heavy atom. The molecule has 2 rings (SSSR count). The summed E-state index contributed by atoms with van der Waals surface area (Å²) in [5.74, 6) is -0.647. The van der Waals surface area contributed by atoms with Crippen molar-refractivity contribution in [2.75, 3.05) is 6.54 Å². The van der Waals surface area contributed by atoms with Gasteiger partial charge in [-0.15, -0.1) is 0 Å². The highest BCUT2D eigenvalue weighted by molar-refractivity contribution is 5.23. The summed E-state index contributed by atoms with van der Waals surface area (Å²) in [5.41, 5.74) is 0.506. The molecule has 0 aromatic heterocycles. The lowest BCUT2D eigenvalue weighted by atomic mass is 10.0. The monoisotopic (exact) mass is 225 g/mol. The summed E-state index contributed by atoms with van der Waals surface area (Å²) in [5, 5.41) is 0. The first-order chi connectivity index (χ1) is 7.59. The van der Waals surface area contributed by atoms with E-state index >= 15 is 0 Å². The van der Waals surface area contributed by atoms with Crippen molar-refractivity contribution < 1.29 is 8.78 Å². The maximum Gasteiger partial charge on any atom is 0.128 e. The third kappa shape index (κ3) is 2.09. The largest absolute Gasteiger partial charge is 0.294 e. The average molecular weight is 225 g/mol. The van der Waals surface area contributed by atoms with Crippen molar-refractivity contribution in [3.63, 3.8) is 0 Å². The van der Waals surface area contributed by atoms with Gasteiger partial charge in [0.2, 0.25) is 0 Å². The van der Waals surface area contributed by atoms with Crippen LogP contribution in [0.2, 0.25) is 0 Å². The van der Waals surface area contributed by atoms with Gasteiger partial charge in [0.25, 0.3) is 0 Å². The van der Waals surface area contributed by atoms with Crippen LogP contribution in [0.25, 0.3) is 0 Å². The SMILES string of the molecule is CC(C)N1CCCC1c1cc(F)ccc1F. The van der Waals surface area contributed by atoms with Gasteiger partial charge in [-0.1, -0.05) is 0 Å². The van der Waals surface area contributed by atoms with E-state index in [2.05, 4.69) is 18.7 Å². The number of hydrogen-bond acceptors (Lipinski definition) is 1. The van der Waals surface area contributed by atoms with Gasteiger partial charge in [0.05, 0.1) is 0 Å². The molecule has 1 nitrogen and oxygen atoms in total. The van der Waals surface area contributed by atoms with Gasteiger partial charge in [-0.05, 0) is 51.4 Å². The van der Waals surface area contributed by atoms with Crippen LogP contribution in [0.3, 0.4) is 0 Å². The zero-order chi connectivity index (χ0) is 11.7. The fourth-order valence-electron chi connectivity index (χ4n) is 2.51. The maximum absolute atomic E-state index is 13.7. The Hall–Kier alpha value is -0.960. The van der Waals surface area contributed by atoms with E-state index in [1.165, 1.54) is 18.2 Å². The van der Waals surface area contributed by atoms with Crippen molar-refractivity contribution in [2.45, 2.75) is 38.8 Å². The van der Waals surface area contributed by atoms with Crippen LogP contribution in [0.4, 0.5) is 8.78 Å². The van der Waals surface area contributed by atoms with Crippen LogP contribution in [-0.4, -0.2) is 17.5 Å². The Morgan fingerprint density at radius 1 is 1.31 bits per heavy atom. The molecule has 1 saturated heterocycles. The number of hydrogen-bond donors (Lipinski definition) is 0. The number of benzene rings is 1. The first kappa shape index (κ1) is 11.5. The Kier molecular flexibility index (Phi) is 3.24. The first-order valence-corrected chi connectivity index (χ1v) is 5.80. The summed E-state index contributed by atoms with van der Waals surface area (Å²) >= 11 is 0. The molecule has 1 aromatic carbocycles. The zero-order valence-electron chi connectivity index (χ0n) is 9.71. The van der Waals surface area contributed by atoms with Crippen LogP contribution >= 0.6 is 0 Å². The molecule has 1 aromatic rings. The molecule has 0 radical (unpaired) electrons. The molecule has 0 amide bonds. The standard InChI is InChI=1S/C13H17F2N/c1-9(2)16-7-3-4-13(16)11-8-10(14)5-6-12(11)15/h5-6,8-9,13H,3-4,7H2,1-2H3. The van der Waals surface area contributed by atoms with Gasteiger partial charge in [-0.25, -0.2) is 8.78 Å². The quantitative estimate of drug-likeness (QED) is 0.744. The molecule has 0 bridgehead atoms. The van der Waals surface area contributed by atoms with Crippen molar-refractivity contribution in [2.24, 2.45) is 0 Å². The maximum atomic E-state index is 13.7. The molecule has 0 aliphatic carbocycles. The van der Waals surface area contributed by atoms with E-state index in [-0.39, 0.29) is 17.7 Å². The van der Waals surface area contributed by atoms with Gasteiger partial charge in [-0.2, -0.15) is 0 Å². The molecule has 1 unspecified atom stereocenters. The molecule has 1 fully saturated rings. The topological polar surface area (TPSA) is 3.24 Å². The lowest BCUT2D eigenvalue weighted by Crippen LogP contribution is -2.30. The zero-order valence-corrected chi connectivity index (χ0v) is 9.71. The van der Waals surface area contributed by atoms with Crippen LogP contribution in [0.5, 0.6) is 0 Å². The highest BCUT2D eigenvalue weighted by Crippen LogP contribution is 2.34. The van der Waals surface area contributed by atoms with Crippen molar-refractivity contribution in [1.82, 2.24) is 4.90 Å². The van der Waals surface area contributed by atoms with Crippen molar-refractivity contribution in [3.05, 3.63) is 35.4 Å². The lowest BCUT2D eigenvalue weighted by molar-refractivity contribution is 0.201. The van der Waals surface area contributed by atoms with E-state index < -0.39 is 0 Å². The molecule has 0 saturated carbocycles. The minimum absolute atomic E-state index is 0.0377. The van der Waals surface area contributed by atoms with Gasteiger partial charge in [0.1, 0.15) is 11.6 Å². The normalized spacial score (nSPS) is 21.9. The highest BCUT2D eigenvalue weighted by Gasteiger charge is 2.29. The van der Waals surface area contributed by atoms with Crippen molar-refractivity contribution in [3.8, 4) is 0 Å².